The first-order valence-electron chi connectivity index (χ1n) is 3.78. The molecule has 0 saturated heterocycles. The Balaban J connectivity index is 2.91. The molecule has 1 aromatic heterocycles. The maximum atomic E-state index is 13.3. The standard InChI is InChI=1S/C9H5BrClFN2/c10-6-1-4-2-7(13)14-3-5(4)8(11)9(6)12/h1-3H,(H2,13,14). The molecule has 0 fully saturated rings. The molecule has 0 aliphatic heterocycles. The zero-order valence-electron chi connectivity index (χ0n) is 6.89. The normalized spacial score (nSPS) is 10.8. The third-order valence-corrected chi connectivity index (χ3v) is 2.82. The number of nitrogens with two attached hydrogens (primary N) is 1. The third-order valence-electron chi connectivity index (χ3n) is 1.88. The Kier molecular flexibility index (Phi) is 2.33. The van der Waals surface area contributed by atoms with Crippen molar-refractivity contribution >= 4 is 44.1 Å². The number of pyridine rings is 1. The summed E-state index contributed by atoms with van der Waals surface area (Å²) in [6, 6.07) is 3.26. The molecule has 2 nitrogen and oxygen atoms in total. The Morgan fingerprint density at radius 2 is 2.14 bits per heavy atom. The molecule has 2 rings (SSSR count). The maximum Gasteiger partial charge on any atom is 0.156 e. The van der Waals surface area contributed by atoms with Gasteiger partial charge in [-0.15, -0.1) is 0 Å². The molecule has 0 aliphatic rings. The summed E-state index contributed by atoms with van der Waals surface area (Å²) in [6.07, 6.45) is 1.46. The molecule has 0 saturated carbocycles. The van der Waals surface area contributed by atoms with Crippen molar-refractivity contribution in [2.24, 2.45) is 0 Å². The second-order valence-electron chi connectivity index (χ2n) is 2.82. The van der Waals surface area contributed by atoms with Crippen LogP contribution in [-0.4, -0.2) is 4.98 Å². The van der Waals surface area contributed by atoms with E-state index < -0.39 is 5.82 Å². The fourth-order valence-corrected chi connectivity index (χ4v) is 2.03. The quantitative estimate of drug-likeness (QED) is 0.749. The second kappa shape index (κ2) is 3.37. The third kappa shape index (κ3) is 1.44. The van der Waals surface area contributed by atoms with Crippen molar-refractivity contribution in [1.29, 1.82) is 0 Å². The number of aromatic nitrogens is 1. The molecule has 0 unspecified atom stereocenters. The number of fused-ring (bicyclic) bond motifs is 1. The van der Waals surface area contributed by atoms with Gasteiger partial charge in [0.15, 0.2) is 5.82 Å². The molecule has 5 heteroatoms. The van der Waals surface area contributed by atoms with Gasteiger partial charge in [-0.3, -0.25) is 0 Å². The first-order chi connectivity index (χ1) is 6.59. The largest absolute Gasteiger partial charge is 0.384 e. The lowest BCUT2D eigenvalue weighted by Gasteiger charge is -2.04. The molecule has 2 N–H and O–H groups in total. The van der Waals surface area contributed by atoms with Crippen LogP contribution in [0.3, 0.4) is 0 Å². The zero-order chi connectivity index (χ0) is 10.3. The zero-order valence-corrected chi connectivity index (χ0v) is 9.23. The average Bonchev–Trinajstić information content (AvgIpc) is 2.14. The number of hydrogen-bond donors (Lipinski definition) is 1. The molecule has 14 heavy (non-hydrogen) atoms. The van der Waals surface area contributed by atoms with Gasteiger partial charge in [-0.2, -0.15) is 0 Å². The van der Waals surface area contributed by atoms with Crippen molar-refractivity contribution in [3.8, 4) is 0 Å². The molecule has 72 valence electrons. The summed E-state index contributed by atoms with van der Waals surface area (Å²) < 4.78 is 13.6. The maximum absolute atomic E-state index is 13.3. The van der Waals surface area contributed by atoms with Gasteiger partial charge in [0.05, 0.1) is 9.50 Å². The van der Waals surface area contributed by atoms with Gasteiger partial charge in [0.2, 0.25) is 0 Å². The minimum absolute atomic E-state index is 0.0573. The van der Waals surface area contributed by atoms with Crippen molar-refractivity contribution in [1.82, 2.24) is 4.98 Å². The van der Waals surface area contributed by atoms with Crippen molar-refractivity contribution in [2.45, 2.75) is 0 Å². The summed E-state index contributed by atoms with van der Waals surface area (Å²) in [7, 11) is 0. The van der Waals surface area contributed by atoms with Crippen LogP contribution in [0.2, 0.25) is 5.02 Å². The van der Waals surface area contributed by atoms with Crippen LogP contribution in [0, 0.1) is 5.82 Å². The van der Waals surface area contributed by atoms with Crippen molar-refractivity contribution in [2.75, 3.05) is 5.73 Å². The van der Waals surface area contributed by atoms with Crippen molar-refractivity contribution in [3.05, 3.63) is 33.6 Å². The molecule has 1 heterocycles. The highest BCUT2D eigenvalue weighted by molar-refractivity contribution is 9.10. The van der Waals surface area contributed by atoms with Gasteiger partial charge in [-0.25, -0.2) is 9.37 Å². The average molecular weight is 276 g/mol. The number of halogens is 3. The molecular formula is C9H5BrClFN2. The number of anilines is 1. The Hall–Kier alpha value is -0.870. The van der Waals surface area contributed by atoms with Gasteiger partial charge in [0.25, 0.3) is 0 Å². The smallest absolute Gasteiger partial charge is 0.156 e. The summed E-state index contributed by atoms with van der Waals surface area (Å²) in [5.41, 5.74) is 5.50. The van der Waals surface area contributed by atoms with E-state index in [1.165, 1.54) is 6.20 Å². The van der Waals surface area contributed by atoms with Gasteiger partial charge in [0.1, 0.15) is 5.82 Å². The predicted octanol–water partition coefficient (Wildman–Crippen LogP) is 3.37. The van der Waals surface area contributed by atoms with E-state index in [2.05, 4.69) is 20.9 Å². The van der Waals surface area contributed by atoms with Crippen molar-refractivity contribution < 1.29 is 4.39 Å². The van der Waals surface area contributed by atoms with E-state index in [9.17, 15) is 4.39 Å². The summed E-state index contributed by atoms with van der Waals surface area (Å²) in [6.45, 7) is 0. The Labute approximate surface area is 93.0 Å². The second-order valence-corrected chi connectivity index (χ2v) is 4.05. The van der Waals surface area contributed by atoms with Gasteiger partial charge in [-0.1, -0.05) is 11.6 Å². The van der Waals surface area contributed by atoms with Crippen LogP contribution in [0.5, 0.6) is 0 Å². The molecule has 0 bridgehead atoms. The molecule has 0 radical (unpaired) electrons. The van der Waals surface area contributed by atoms with E-state index in [0.717, 1.165) is 5.39 Å². The van der Waals surface area contributed by atoms with Crippen LogP contribution in [0.15, 0.2) is 22.8 Å². The number of benzene rings is 1. The van der Waals surface area contributed by atoms with Gasteiger partial charge >= 0.3 is 0 Å². The summed E-state index contributed by atoms with van der Waals surface area (Å²) in [4.78, 5) is 3.85. The summed E-state index contributed by atoms with van der Waals surface area (Å²) in [5, 5.41) is 1.37. The number of nitrogen functional groups attached to an aromatic ring is 1. The van der Waals surface area contributed by atoms with E-state index in [4.69, 9.17) is 17.3 Å². The fourth-order valence-electron chi connectivity index (χ4n) is 1.21. The first kappa shape index (κ1) is 9.68. The Morgan fingerprint density at radius 1 is 1.43 bits per heavy atom. The van der Waals surface area contributed by atoms with E-state index >= 15 is 0 Å². The lowest BCUT2D eigenvalue weighted by atomic mass is 10.2. The highest BCUT2D eigenvalue weighted by Crippen LogP contribution is 2.31. The van der Waals surface area contributed by atoms with Gasteiger partial charge in [-0.05, 0) is 33.4 Å². The predicted molar refractivity (Wildman–Crippen MR) is 58.8 cm³/mol. The molecule has 0 spiro atoms. The fraction of sp³-hybridized carbons (Fsp3) is 0. The van der Waals surface area contributed by atoms with Gasteiger partial charge in [0, 0.05) is 11.6 Å². The minimum atomic E-state index is -0.481. The van der Waals surface area contributed by atoms with E-state index in [0.29, 0.717) is 15.7 Å². The number of hydrogen-bond acceptors (Lipinski definition) is 2. The number of nitrogens with zero attached hydrogens (tertiary/aromatic N) is 1. The summed E-state index contributed by atoms with van der Waals surface area (Å²) in [5.74, 6) is -0.0992. The van der Waals surface area contributed by atoms with Crippen LogP contribution < -0.4 is 5.73 Å². The van der Waals surface area contributed by atoms with Crippen molar-refractivity contribution in [3.63, 3.8) is 0 Å². The Bertz CT molecular complexity index is 516. The first-order valence-corrected chi connectivity index (χ1v) is 4.95. The molecule has 0 atom stereocenters. The molecule has 0 amide bonds. The lowest BCUT2D eigenvalue weighted by molar-refractivity contribution is 0.623. The van der Waals surface area contributed by atoms with E-state index in [1.807, 2.05) is 0 Å². The van der Waals surface area contributed by atoms with Crippen LogP contribution >= 0.6 is 27.5 Å². The SMILES string of the molecule is Nc1cc2cc(Br)c(F)c(Cl)c2cn1. The van der Waals surface area contributed by atoms with E-state index in [-0.39, 0.29) is 5.02 Å². The van der Waals surface area contributed by atoms with Gasteiger partial charge < -0.3 is 5.73 Å². The number of rotatable bonds is 0. The summed E-state index contributed by atoms with van der Waals surface area (Å²) >= 11 is 8.87. The van der Waals surface area contributed by atoms with E-state index in [1.54, 1.807) is 12.1 Å². The van der Waals surface area contributed by atoms with Crippen LogP contribution in [0.4, 0.5) is 10.2 Å². The molecule has 2 aromatic rings. The minimum Gasteiger partial charge on any atom is -0.384 e. The molecule has 1 aromatic carbocycles. The molecule has 0 aliphatic carbocycles. The monoisotopic (exact) mass is 274 g/mol. The van der Waals surface area contributed by atoms with Crippen LogP contribution in [-0.2, 0) is 0 Å². The highest BCUT2D eigenvalue weighted by Gasteiger charge is 2.10. The topological polar surface area (TPSA) is 38.9 Å². The lowest BCUT2D eigenvalue weighted by Crippen LogP contribution is -1.90. The Morgan fingerprint density at radius 3 is 2.86 bits per heavy atom. The highest BCUT2D eigenvalue weighted by atomic mass is 79.9. The van der Waals surface area contributed by atoms with Crippen LogP contribution in [0.25, 0.3) is 10.8 Å². The molecular weight excluding hydrogens is 270 g/mol. The van der Waals surface area contributed by atoms with Crippen LogP contribution in [0.1, 0.15) is 0 Å².